The molecule has 0 saturated carbocycles. The Balaban J connectivity index is 1.51. The number of nitrogens with one attached hydrogen (secondary N) is 1. The van der Waals surface area contributed by atoms with Gasteiger partial charge in [0.2, 0.25) is 10.0 Å². The standard InChI is InChI=1S/C19H19N3O3S2/c1-13-20-17-12-15(6-9-18(17)26-13)21-19(23)14-4-7-16(8-5-14)27(24,25)22-10-2-3-11-22/h4-9,12H,2-3,10-11H2,1H3,(H,21,23). The van der Waals surface area contributed by atoms with Crippen LogP contribution in [0.5, 0.6) is 0 Å². The number of aromatic nitrogens is 1. The van der Waals surface area contributed by atoms with E-state index in [-0.39, 0.29) is 10.8 Å². The maximum absolute atomic E-state index is 12.6. The summed E-state index contributed by atoms with van der Waals surface area (Å²) in [5, 5.41) is 3.81. The van der Waals surface area contributed by atoms with E-state index in [1.165, 1.54) is 16.4 Å². The fourth-order valence-corrected chi connectivity index (χ4v) is 5.50. The lowest BCUT2D eigenvalue weighted by Gasteiger charge is -2.15. The number of carbonyl (C=O) groups excluding carboxylic acids is 1. The van der Waals surface area contributed by atoms with Crippen molar-refractivity contribution in [1.29, 1.82) is 0 Å². The molecule has 0 spiro atoms. The minimum Gasteiger partial charge on any atom is -0.322 e. The topological polar surface area (TPSA) is 79.4 Å². The number of rotatable bonds is 4. The highest BCUT2D eigenvalue weighted by Crippen LogP contribution is 2.25. The number of hydrogen-bond acceptors (Lipinski definition) is 5. The number of benzene rings is 2. The van der Waals surface area contributed by atoms with E-state index in [1.807, 2.05) is 25.1 Å². The van der Waals surface area contributed by atoms with Crippen LogP contribution in [0.3, 0.4) is 0 Å². The molecule has 1 amide bonds. The van der Waals surface area contributed by atoms with Gasteiger partial charge >= 0.3 is 0 Å². The third kappa shape index (κ3) is 3.60. The maximum Gasteiger partial charge on any atom is 0.255 e. The van der Waals surface area contributed by atoms with Crippen molar-refractivity contribution in [2.24, 2.45) is 0 Å². The molecule has 1 N–H and O–H groups in total. The zero-order chi connectivity index (χ0) is 19.0. The molecular weight excluding hydrogens is 382 g/mol. The molecule has 8 heteroatoms. The van der Waals surface area contributed by atoms with Crippen molar-refractivity contribution in [1.82, 2.24) is 9.29 Å². The average Bonchev–Trinajstić information content (AvgIpc) is 3.30. The van der Waals surface area contributed by atoms with Crippen LogP contribution in [0.1, 0.15) is 28.2 Å². The second kappa shape index (κ2) is 7.03. The Kier molecular flexibility index (Phi) is 4.71. The lowest BCUT2D eigenvalue weighted by molar-refractivity contribution is 0.102. The number of fused-ring (bicyclic) bond motifs is 1. The van der Waals surface area contributed by atoms with Crippen molar-refractivity contribution in [3.63, 3.8) is 0 Å². The van der Waals surface area contributed by atoms with E-state index in [4.69, 9.17) is 0 Å². The Morgan fingerprint density at radius 3 is 2.52 bits per heavy atom. The summed E-state index contributed by atoms with van der Waals surface area (Å²) in [5.74, 6) is -0.286. The summed E-state index contributed by atoms with van der Waals surface area (Å²) in [5.41, 5.74) is 1.92. The molecule has 0 bridgehead atoms. The van der Waals surface area contributed by atoms with Gasteiger partial charge in [0.1, 0.15) is 0 Å². The predicted molar refractivity (Wildman–Crippen MR) is 107 cm³/mol. The van der Waals surface area contributed by atoms with Crippen LogP contribution in [-0.4, -0.2) is 36.7 Å². The maximum atomic E-state index is 12.6. The van der Waals surface area contributed by atoms with E-state index in [2.05, 4.69) is 10.3 Å². The van der Waals surface area contributed by atoms with Crippen LogP contribution < -0.4 is 5.32 Å². The molecule has 27 heavy (non-hydrogen) atoms. The number of amides is 1. The van der Waals surface area contributed by atoms with Gasteiger partial charge in [-0.25, -0.2) is 13.4 Å². The highest BCUT2D eigenvalue weighted by atomic mass is 32.2. The molecule has 6 nitrogen and oxygen atoms in total. The lowest BCUT2D eigenvalue weighted by Crippen LogP contribution is -2.27. The van der Waals surface area contributed by atoms with Crippen LogP contribution in [0.4, 0.5) is 5.69 Å². The number of anilines is 1. The molecule has 1 aliphatic rings. The van der Waals surface area contributed by atoms with Gasteiger partial charge in [-0.05, 0) is 62.2 Å². The van der Waals surface area contributed by atoms with Gasteiger partial charge in [-0.2, -0.15) is 4.31 Å². The summed E-state index contributed by atoms with van der Waals surface area (Å²) < 4.78 is 27.7. The Hall–Kier alpha value is -2.29. The van der Waals surface area contributed by atoms with Crippen molar-refractivity contribution in [2.45, 2.75) is 24.7 Å². The first kappa shape index (κ1) is 18.1. The van der Waals surface area contributed by atoms with E-state index in [9.17, 15) is 13.2 Å². The van der Waals surface area contributed by atoms with Crippen LogP contribution in [-0.2, 0) is 10.0 Å². The molecule has 1 fully saturated rings. The van der Waals surface area contributed by atoms with Crippen molar-refractivity contribution in [3.05, 3.63) is 53.0 Å². The van der Waals surface area contributed by atoms with Gasteiger partial charge in [0.15, 0.2) is 0 Å². The highest BCUT2D eigenvalue weighted by Gasteiger charge is 2.27. The van der Waals surface area contributed by atoms with E-state index in [0.29, 0.717) is 24.3 Å². The molecule has 4 rings (SSSR count). The fourth-order valence-electron chi connectivity index (χ4n) is 3.18. The zero-order valence-electron chi connectivity index (χ0n) is 14.8. The fraction of sp³-hybridized carbons (Fsp3) is 0.263. The molecule has 1 aromatic heterocycles. The molecule has 0 unspecified atom stereocenters. The van der Waals surface area contributed by atoms with E-state index < -0.39 is 10.0 Å². The summed E-state index contributed by atoms with van der Waals surface area (Å²) in [6, 6.07) is 11.7. The van der Waals surface area contributed by atoms with E-state index in [0.717, 1.165) is 28.1 Å². The Morgan fingerprint density at radius 1 is 1.11 bits per heavy atom. The monoisotopic (exact) mass is 401 g/mol. The minimum absolute atomic E-state index is 0.223. The predicted octanol–water partition coefficient (Wildman–Crippen LogP) is 3.64. The highest BCUT2D eigenvalue weighted by molar-refractivity contribution is 7.89. The van der Waals surface area contributed by atoms with Crippen molar-refractivity contribution < 1.29 is 13.2 Å². The number of nitrogens with zero attached hydrogens (tertiary/aromatic N) is 2. The van der Waals surface area contributed by atoms with Crippen LogP contribution in [0.15, 0.2) is 47.4 Å². The first-order valence-electron chi connectivity index (χ1n) is 8.72. The molecule has 2 heterocycles. The largest absolute Gasteiger partial charge is 0.322 e. The molecule has 2 aromatic carbocycles. The molecule has 0 atom stereocenters. The number of aryl methyl sites for hydroxylation is 1. The third-order valence-electron chi connectivity index (χ3n) is 4.57. The van der Waals surface area contributed by atoms with Gasteiger partial charge in [-0.1, -0.05) is 0 Å². The lowest BCUT2D eigenvalue weighted by atomic mass is 10.2. The number of thiazole rings is 1. The summed E-state index contributed by atoms with van der Waals surface area (Å²) in [7, 11) is -3.47. The molecule has 1 saturated heterocycles. The molecule has 1 aliphatic heterocycles. The van der Waals surface area contributed by atoms with E-state index in [1.54, 1.807) is 23.5 Å². The zero-order valence-corrected chi connectivity index (χ0v) is 16.4. The van der Waals surface area contributed by atoms with Crippen molar-refractivity contribution in [3.8, 4) is 0 Å². The minimum atomic E-state index is -3.47. The molecular formula is C19H19N3O3S2. The first-order chi connectivity index (χ1) is 12.9. The first-order valence-corrected chi connectivity index (χ1v) is 11.0. The van der Waals surface area contributed by atoms with Gasteiger partial charge in [-0.15, -0.1) is 11.3 Å². The summed E-state index contributed by atoms with van der Waals surface area (Å²) in [6.07, 6.45) is 1.78. The Bertz CT molecular complexity index is 1100. The summed E-state index contributed by atoms with van der Waals surface area (Å²) >= 11 is 1.61. The Labute approximate surface area is 161 Å². The molecule has 3 aromatic rings. The van der Waals surface area contributed by atoms with Gasteiger partial charge < -0.3 is 5.32 Å². The second-order valence-electron chi connectivity index (χ2n) is 6.51. The van der Waals surface area contributed by atoms with E-state index >= 15 is 0 Å². The van der Waals surface area contributed by atoms with Crippen LogP contribution in [0, 0.1) is 6.92 Å². The van der Waals surface area contributed by atoms with Gasteiger partial charge in [0, 0.05) is 24.3 Å². The summed E-state index contributed by atoms with van der Waals surface area (Å²) in [6.45, 7) is 3.06. The second-order valence-corrected chi connectivity index (χ2v) is 9.68. The number of hydrogen-bond donors (Lipinski definition) is 1. The van der Waals surface area contributed by atoms with Crippen LogP contribution >= 0.6 is 11.3 Å². The normalized spacial score (nSPS) is 15.3. The molecule has 0 aliphatic carbocycles. The third-order valence-corrected chi connectivity index (χ3v) is 7.44. The van der Waals surface area contributed by atoms with Gasteiger partial charge in [0.25, 0.3) is 5.91 Å². The summed E-state index contributed by atoms with van der Waals surface area (Å²) in [4.78, 5) is 17.1. The number of carbonyl (C=O) groups is 1. The van der Waals surface area contributed by atoms with Crippen molar-refractivity contribution >= 4 is 43.2 Å². The average molecular weight is 402 g/mol. The molecule has 0 radical (unpaired) electrons. The SMILES string of the molecule is Cc1nc2cc(NC(=O)c3ccc(S(=O)(=O)N4CCCC4)cc3)ccc2s1. The van der Waals surface area contributed by atoms with Crippen LogP contribution in [0.25, 0.3) is 10.2 Å². The van der Waals surface area contributed by atoms with Gasteiger partial charge in [-0.3, -0.25) is 4.79 Å². The smallest absolute Gasteiger partial charge is 0.255 e. The Morgan fingerprint density at radius 2 is 1.81 bits per heavy atom. The van der Waals surface area contributed by atoms with Crippen molar-refractivity contribution in [2.75, 3.05) is 18.4 Å². The van der Waals surface area contributed by atoms with Gasteiger partial charge in [0.05, 0.1) is 20.1 Å². The quantitative estimate of drug-likeness (QED) is 0.724. The number of sulfonamides is 1. The molecule has 140 valence electrons. The van der Waals surface area contributed by atoms with Crippen LogP contribution in [0.2, 0.25) is 0 Å².